The second-order valence-corrected chi connectivity index (χ2v) is 12.1. The van der Waals surface area contributed by atoms with Gasteiger partial charge in [-0.15, -0.1) is 11.3 Å². The standard InChI is InChI=1S/C31H35FN4O2S/c32-26-8-4-5-23(17-26)18-34-13-9-27(28(20-34)24-6-2-1-3-7-24)30(37)36-14-11-31(38,12-15-36)21-35-19-25-10-16-39-29(25)33-22-35/h1-8,10,16-17,19,27-28,38H,9,11-15,18,20-22H2/t27-,28+/m1/s1. The first kappa shape index (κ1) is 26.2. The van der Waals surface area contributed by atoms with Gasteiger partial charge in [0.15, 0.2) is 0 Å². The van der Waals surface area contributed by atoms with Gasteiger partial charge in [0.2, 0.25) is 5.91 Å². The molecule has 6 rings (SSSR count). The Hall–Kier alpha value is -3.07. The van der Waals surface area contributed by atoms with Gasteiger partial charge < -0.3 is 14.9 Å². The molecule has 3 aromatic rings. The highest BCUT2D eigenvalue weighted by Crippen LogP contribution is 2.36. The van der Waals surface area contributed by atoms with Crippen LogP contribution >= 0.6 is 11.3 Å². The minimum Gasteiger partial charge on any atom is -0.388 e. The Morgan fingerprint density at radius 2 is 1.90 bits per heavy atom. The normalized spacial score (nSPS) is 23.0. The minimum absolute atomic E-state index is 0.0752. The van der Waals surface area contributed by atoms with Gasteiger partial charge in [0.1, 0.15) is 17.2 Å². The Morgan fingerprint density at radius 3 is 2.69 bits per heavy atom. The van der Waals surface area contributed by atoms with Crippen LogP contribution in [0, 0.1) is 11.7 Å². The van der Waals surface area contributed by atoms with E-state index in [-0.39, 0.29) is 23.6 Å². The predicted molar refractivity (Wildman–Crippen MR) is 151 cm³/mol. The van der Waals surface area contributed by atoms with E-state index < -0.39 is 5.60 Å². The van der Waals surface area contributed by atoms with Gasteiger partial charge >= 0.3 is 0 Å². The van der Waals surface area contributed by atoms with E-state index in [0.717, 1.165) is 35.0 Å². The first-order valence-corrected chi connectivity index (χ1v) is 14.7. The number of nitrogens with zero attached hydrogens (tertiary/aromatic N) is 4. The predicted octanol–water partition coefficient (Wildman–Crippen LogP) is 3.18. The molecule has 6 nitrogen and oxygen atoms in total. The molecule has 2 aromatic carbocycles. The third kappa shape index (κ3) is 5.93. The molecule has 8 heteroatoms. The summed E-state index contributed by atoms with van der Waals surface area (Å²) in [6.07, 6.45) is 3.99. The van der Waals surface area contributed by atoms with Gasteiger partial charge in [-0.2, -0.15) is 0 Å². The lowest BCUT2D eigenvalue weighted by Crippen LogP contribution is -2.54. The van der Waals surface area contributed by atoms with Crippen LogP contribution in [-0.4, -0.2) is 70.7 Å². The van der Waals surface area contributed by atoms with Gasteiger partial charge in [0.25, 0.3) is 0 Å². The summed E-state index contributed by atoms with van der Waals surface area (Å²) in [5, 5.41) is 14.5. The lowest BCUT2D eigenvalue weighted by Gasteiger charge is -2.44. The molecule has 0 radical (unpaired) electrons. The number of carbonyl (C=O) groups excluding carboxylic acids is 1. The zero-order chi connectivity index (χ0) is 26.8. The number of hydrogen-bond donors (Lipinski definition) is 1. The van der Waals surface area contributed by atoms with Crippen LogP contribution in [0.4, 0.5) is 4.39 Å². The number of amides is 1. The van der Waals surface area contributed by atoms with E-state index in [1.54, 1.807) is 23.5 Å². The molecule has 2 saturated heterocycles. The van der Waals surface area contributed by atoms with Crippen molar-refractivity contribution in [3.05, 3.63) is 92.9 Å². The van der Waals surface area contributed by atoms with Crippen LogP contribution < -0.4 is 9.89 Å². The Labute approximate surface area is 232 Å². The molecular formula is C31H35FN4O2S. The smallest absolute Gasteiger partial charge is 0.226 e. The second-order valence-electron chi connectivity index (χ2n) is 11.2. The van der Waals surface area contributed by atoms with Crippen LogP contribution in [0.3, 0.4) is 0 Å². The SMILES string of the molecule is O=C([C@@H]1CCN(Cc2cccc(F)c2)C[C@H]1c1ccccc1)N1CCC(O)(CN2C=c3ccsc3=NC2)CC1. The molecule has 1 N–H and O–H groups in total. The highest BCUT2D eigenvalue weighted by molar-refractivity contribution is 7.07. The van der Waals surface area contributed by atoms with Gasteiger partial charge in [-0.3, -0.25) is 14.7 Å². The summed E-state index contributed by atoms with van der Waals surface area (Å²) in [4.78, 5) is 24.9. The van der Waals surface area contributed by atoms with Gasteiger partial charge in [-0.05, 0) is 60.5 Å². The summed E-state index contributed by atoms with van der Waals surface area (Å²) in [7, 11) is 0. The highest BCUT2D eigenvalue weighted by atomic mass is 32.1. The third-order valence-corrected chi connectivity index (χ3v) is 9.29. The Bertz CT molecular complexity index is 1420. The molecule has 1 amide bonds. The fourth-order valence-corrected chi connectivity index (χ4v) is 7.06. The number of aliphatic hydroxyl groups is 1. The molecule has 2 fully saturated rings. The van der Waals surface area contributed by atoms with Gasteiger partial charge in [0, 0.05) is 56.0 Å². The van der Waals surface area contributed by atoms with Crippen molar-refractivity contribution in [2.24, 2.45) is 10.9 Å². The molecular weight excluding hydrogens is 511 g/mol. The summed E-state index contributed by atoms with van der Waals surface area (Å²) in [5.74, 6) is -0.0513. The molecule has 204 valence electrons. The fourth-order valence-electron chi connectivity index (χ4n) is 6.33. The first-order valence-electron chi connectivity index (χ1n) is 13.8. The molecule has 2 atom stereocenters. The van der Waals surface area contributed by atoms with Crippen molar-refractivity contribution in [2.45, 2.75) is 37.3 Å². The third-order valence-electron chi connectivity index (χ3n) is 8.43. The topological polar surface area (TPSA) is 59.4 Å². The summed E-state index contributed by atoms with van der Waals surface area (Å²) in [6.45, 7) is 4.44. The van der Waals surface area contributed by atoms with Crippen molar-refractivity contribution in [1.82, 2.24) is 14.7 Å². The Kier molecular flexibility index (Phi) is 7.51. The quantitative estimate of drug-likeness (QED) is 0.516. The molecule has 0 bridgehead atoms. The maximum atomic E-state index is 13.9. The maximum absolute atomic E-state index is 13.9. The van der Waals surface area contributed by atoms with Crippen LogP contribution in [0.2, 0.25) is 0 Å². The number of piperidine rings is 2. The Morgan fingerprint density at radius 1 is 1.08 bits per heavy atom. The van der Waals surface area contributed by atoms with E-state index in [9.17, 15) is 14.3 Å². The average molecular weight is 547 g/mol. The van der Waals surface area contributed by atoms with Crippen molar-refractivity contribution in [3.8, 4) is 0 Å². The number of likely N-dealkylation sites (tertiary alicyclic amines) is 2. The first-order chi connectivity index (χ1) is 19.0. The van der Waals surface area contributed by atoms with E-state index in [1.165, 1.54) is 11.6 Å². The monoisotopic (exact) mass is 546 g/mol. The molecule has 0 unspecified atom stereocenters. The van der Waals surface area contributed by atoms with Crippen molar-refractivity contribution < 1.29 is 14.3 Å². The van der Waals surface area contributed by atoms with Gasteiger partial charge in [0.05, 0.1) is 5.60 Å². The molecule has 39 heavy (non-hydrogen) atoms. The van der Waals surface area contributed by atoms with Gasteiger partial charge in [-0.25, -0.2) is 4.39 Å². The summed E-state index contributed by atoms with van der Waals surface area (Å²) in [6, 6.07) is 19.2. The number of β-amino-alcohol motifs (C(OH)–C–C–N with tert-alkyl or cyclic N) is 1. The van der Waals surface area contributed by atoms with Crippen LogP contribution in [0.25, 0.3) is 6.20 Å². The Balaban J connectivity index is 1.11. The molecule has 1 aromatic heterocycles. The van der Waals surface area contributed by atoms with E-state index in [1.807, 2.05) is 34.5 Å². The van der Waals surface area contributed by atoms with Gasteiger partial charge in [-0.1, -0.05) is 42.5 Å². The van der Waals surface area contributed by atoms with Crippen molar-refractivity contribution in [2.75, 3.05) is 39.4 Å². The second kappa shape index (κ2) is 11.2. The summed E-state index contributed by atoms with van der Waals surface area (Å²) < 4.78 is 14.8. The lowest BCUT2D eigenvalue weighted by molar-refractivity contribution is -0.142. The van der Waals surface area contributed by atoms with E-state index in [2.05, 4.69) is 39.2 Å². The molecule has 4 heterocycles. The van der Waals surface area contributed by atoms with E-state index in [4.69, 9.17) is 0 Å². The number of thiophene rings is 1. The zero-order valence-electron chi connectivity index (χ0n) is 22.1. The van der Waals surface area contributed by atoms with Crippen LogP contribution in [0.1, 0.15) is 36.3 Å². The molecule has 3 aliphatic heterocycles. The number of benzene rings is 2. The van der Waals surface area contributed by atoms with Crippen molar-refractivity contribution in [1.29, 1.82) is 0 Å². The van der Waals surface area contributed by atoms with E-state index >= 15 is 0 Å². The van der Waals surface area contributed by atoms with E-state index in [0.29, 0.717) is 45.7 Å². The van der Waals surface area contributed by atoms with Crippen LogP contribution in [0.15, 0.2) is 71.0 Å². The lowest BCUT2D eigenvalue weighted by atomic mass is 9.79. The molecule has 0 aliphatic carbocycles. The molecule has 0 saturated carbocycles. The number of carbonyl (C=O) groups is 1. The zero-order valence-corrected chi connectivity index (χ0v) is 22.9. The summed E-state index contributed by atoms with van der Waals surface area (Å²) in [5.41, 5.74) is 1.30. The minimum atomic E-state index is -0.830. The average Bonchev–Trinajstić information content (AvgIpc) is 3.41. The van der Waals surface area contributed by atoms with Crippen LogP contribution in [-0.2, 0) is 11.3 Å². The summed E-state index contributed by atoms with van der Waals surface area (Å²) >= 11 is 1.64. The van der Waals surface area contributed by atoms with Crippen molar-refractivity contribution in [3.63, 3.8) is 0 Å². The number of halogens is 1. The fraction of sp³-hybridized carbons (Fsp3) is 0.419. The molecule has 0 spiro atoms. The number of hydrogen-bond acceptors (Lipinski definition) is 6. The number of fused-ring (bicyclic) bond motifs is 1. The highest BCUT2D eigenvalue weighted by Gasteiger charge is 2.41. The largest absolute Gasteiger partial charge is 0.388 e. The number of rotatable bonds is 6. The van der Waals surface area contributed by atoms with Crippen LogP contribution in [0.5, 0.6) is 0 Å². The maximum Gasteiger partial charge on any atom is 0.226 e. The molecule has 3 aliphatic rings. The van der Waals surface area contributed by atoms with Crippen molar-refractivity contribution >= 4 is 23.4 Å².